The smallest absolute Gasteiger partial charge is 0.0897 e. The van der Waals surface area contributed by atoms with Crippen molar-refractivity contribution in [3.8, 4) is 0 Å². The molecule has 2 rings (SSSR count). The number of hydrogen-bond donors (Lipinski definition) is 2. The number of aliphatic hydroxyl groups is 1. The minimum absolute atomic E-state index is 0.352. The third kappa shape index (κ3) is 5.48. The lowest BCUT2D eigenvalue weighted by Gasteiger charge is -2.27. The van der Waals surface area contributed by atoms with Crippen LogP contribution in [0.2, 0.25) is 0 Å². The summed E-state index contributed by atoms with van der Waals surface area (Å²) in [5.74, 6) is 0.837. The van der Waals surface area contributed by atoms with Crippen LogP contribution >= 0.6 is 11.3 Å². The van der Waals surface area contributed by atoms with Crippen molar-refractivity contribution < 1.29 is 9.84 Å². The number of aliphatic hydroxyl groups excluding tert-OH is 1. The van der Waals surface area contributed by atoms with E-state index in [1.165, 1.54) is 17.7 Å². The first-order valence-electron chi connectivity index (χ1n) is 7.55. The van der Waals surface area contributed by atoms with Gasteiger partial charge in [0.15, 0.2) is 0 Å². The van der Waals surface area contributed by atoms with Gasteiger partial charge in [-0.2, -0.15) is 0 Å². The molecule has 0 radical (unpaired) electrons. The minimum atomic E-state index is -0.427. The number of nitrogens with zero attached hydrogens (tertiary/aromatic N) is 1. The predicted molar refractivity (Wildman–Crippen MR) is 81.9 cm³/mol. The molecule has 1 fully saturated rings. The molecular formula is C15H26N2O2S. The summed E-state index contributed by atoms with van der Waals surface area (Å²) in [5.41, 5.74) is 0. The van der Waals surface area contributed by atoms with E-state index in [2.05, 4.69) is 17.2 Å². The fourth-order valence-electron chi connectivity index (χ4n) is 2.55. The van der Waals surface area contributed by atoms with Gasteiger partial charge in [0.05, 0.1) is 23.8 Å². The molecule has 0 spiro atoms. The van der Waals surface area contributed by atoms with Gasteiger partial charge in [-0.05, 0) is 38.5 Å². The number of aryl methyl sites for hydroxylation is 1. The predicted octanol–water partition coefficient (Wildman–Crippen LogP) is 2.50. The molecule has 1 saturated carbocycles. The maximum absolute atomic E-state index is 9.92. The first-order valence-corrected chi connectivity index (χ1v) is 8.37. The molecule has 114 valence electrons. The molecule has 4 nitrogen and oxygen atoms in total. The van der Waals surface area contributed by atoms with E-state index in [-0.39, 0.29) is 0 Å². The summed E-state index contributed by atoms with van der Waals surface area (Å²) in [7, 11) is 0. The number of ether oxygens (including phenoxy) is 1. The summed E-state index contributed by atoms with van der Waals surface area (Å²) in [6, 6.07) is 0. The van der Waals surface area contributed by atoms with Gasteiger partial charge in [-0.15, -0.1) is 11.3 Å². The molecule has 0 aliphatic heterocycles. The van der Waals surface area contributed by atoms with Gasteiger partial charge < -0.3 is 15.2 Å². The Labute approximate surface area is 125 Å². The Balaban J connectivity index is 1.55. The Morgan fingerprint density at radius 3 is 2.85 bits per heavy atom. The fourth-order valence-corrected chi connectivity index (χ4v) is 3.32. The Kier molecular flexibility index (Phi) is 6.42. The number of hydrogen-bond acceptors (Lipinski definition) is 5. The quantitative estimate of drug-likeness (QED) is 0.812. The summed E-state index contributed by atoms with van der Waals surface area (Å²) >= 11 is 1.69. The highest BCUT2D eigenvalue weighted by molar-refractivity contribution is 7.11. The summed E-state index contributed by atoms with van der Waals surface area (Å²) in [4.78, 5) is 5.41. The fraction of sp³-hybridized carbons (Fsp3) is 0.800. The highest BCUT2D eigenvalue weighted by Gasteiger charge is 2.19. The van der Waals surface area contributed by atoms with E-state index in [9.17, 15) is 5.11 Å². The highest BCUT2D eigenvalue weighted by atomic mass is 32.1. The molecule has 1 aliphatic carbocycles. The number of nitrogens with one attached hydrogen (secondary N) is 1. The van der Waals surface area contributed by atoms with E-state index in [0.717, 1.165) is 30.3 Å². The molecule has 1 aromatic heterocycles. The van der Waals surface area contributed by atoms with Crippen molar-refractivity contribution in [2.24, 2.45) is 5.92 Å². The van der Waals surface area contributed by atoms with Crippen LogP contribution in [0.1, 0.15) is 42.5 Å². The standard InChI is InChI=1S/C15H26N2O2S/c1-11-3-5-14(6-4-11)19-10-13(18)7-16-8-15-9-17-12(2)20-15/h9,11,13-14,16,18H,3-8,10H2,1-2H3. The molecule has 1 aromatic rings. The molecule has 1 unspecified atom stereocenters. The van der Waals surface area contributed by atoms with Crippen molar-refractivity contribution in [2.75, 3.05) is 13.2 Å². The molecule has 5 heteroatoms. The van der Waals surface area contributed by atoms with Crippen molar-refractivity contribution in [3.63, 3.8) is 0 Å². The maximum Gasteiger partial charge on any atom is 0.0897 e. The van der Waals surface area contributed by atoms with Crippen LogP contribution in [0, 0.1) is 12.8 Å². The van der Waals surface area contributed by atoms with Gasteiger partial charge in [-0.25, -0.2) is 4.98 Å². The van der Waals surface area contributed by atoms with Gasteiger partial charge >= 0.3 is 0 Å². The van der Waals surface area contributed by atoms with Crippen molar-refractivity contribution in [3.05, 3.63) is 16.1 Å². The normalized spacial score (nSPS) is 24.8. The van der Waals surface area contributed by atoms with Crippen LogP contribution in [0.5, 0.6) is 0 Å². The Morgan fingerprint density at radius 2 is 2.20 bits per heavy atom. The average Bonchev–Trinajstić information content (AvgIpc) is 2.84. The lowest BCUT2D eigenvalue weighted by molar-refractivity contribution is -0.0278. The topological polar surface area (TPSA) is 54.4 Å². The van der Waals surface area contributed by atoms with Gasteiger partial charge in [0.2, 0.25) is 0 Å². The van der Waals surface area contributed by atoms with Gasteiger partial charge in [0.1, 0.15) is 0 Å². The van der Waals surface area contributed by atoms with E-state index in [1.807, 2.05) is 13.1 Å². The summed E-state index contributed by atoms with van der Waals surface area (Å²) in [6.07, 6.45) is 6.60. The van der Waals surface area contributed by atoms with Crippen LogP contribution < -0.4 is 5.32 Å². The second-order valence-electron chi connectivity index (χ2n) is 5.85. The first kappa shape index (κ1) is 15.9. The molecule has 1 aliphatic rings. The minimum Gasteiger partial charge on any atom is -0.389 e. The van der Waals surface area contributed by atoms with E-state index in [1.54, 1.807) is 11.3 Å². The zero-order chi connectivity index (χ0) is 14.4. The zero-order valence-electron chi connectivity index (χ0n) is 12.5. The van der Waals surface area contributed by atoms with Crippen LogP contribution in [-0.4, -0.2) is 35.5 Å². The molecule has 0 bridgehead atoms. The van der Waals surface area contributed by atoms with Gasteiger partial charge in [0, 0.05) is 24.2 Å². The van der Waals surface area contributed by atoms with Crippen molar-refractivity contribution in [1.29, 1.82) is 0 Å². The number of aromatic nitrogens is 1. The van der Waals surface area contributed by atoms with E-state index in [4.69, 9.17) is 4.74 Å². The molecular weight excluding hydrogens is 272 g/mol. The van der Waals surface area contributed by atoms with Crippen LogP contribution in [0.15, 0.2) is 6.20 Å². The largest absolute Gasteiger partial charge is 0.389 e. The first-order chi connectivity index (χ1) is 9.63. The van der Waals surface area contributed by atoms with Gasteiger partial charge in [-0.3, -0.25) is 0 Å². The Hall–Kier alpha value is -0.490. The molecule has 20 heavy (non-hydrogen) atoms. The van der Waals surface area contributed by atoms with E-state index in [0.29, 0.717) is 19.3 Å². The number of rotatable bonds is 7. The second-order valence-corrected chi connectivity index (χ2v) is 7.16. The summed E-state index contributed by atoms with van der Waals surface area (Å²) < 4.78 is 5.80. The molecule has 1 atom stereocenters. The highest BCUT2D eigenvalue weighted by Crippen LogP contribution is 2.25. The van der Waals surface area contributed by atoms with Gasteiger partial charge in [0.25, 0.3) is 0 Å². The lowest BCUT2D eigenvalue weighted by Crippen LogP contribution is -2.32. The van der Waals surface area contributed by atoms with Crippen LogP contribution in [-0.2, 0) is 11.3 Å². The van der Waals surface area contributed by atoms with Crippen molar-refractivity contribution >= 4 is 11.3 Å². The van der Waals surface area contributed by atoms with E-state index < -0.39 is 6.10 Å². The third-order valence-corrected chi connectivity index (χ3v) is 4.75. The van der Waals surface area contributed by atoms with Crippen molar-refractivity contribution in [2.45, 2.75) is 58.3 Å². The lowest BCUT2D eigenvalue weighted by atomic mass is 9.89. The van der Waals surface area contributed by atoms with Crippen LogP contribution in [0.3, 0.4) is 0 Å². The summed E-state index contributed by atoms with van der Waals surface area (Å²) in [6.45, 7) is 6.08. The molecule has 1 heterocycles. The summed E-state index contributed by atoms with van der Waals surface area (Å²) in [5, 5.41) is 14.2. The monoisotopic (exact) mass is 298 g/mol. The second kappa shape index (κ2) is 8.08. The SMILES string of the molecule is Cc1ncc(CNCC(O)COC2CCC(C)CC2)s1. The number of thiazole rings is 1. The zero-order valence-corrected chi connectivity index (χ0v) is 13.3. The van der Waals surface area contributed by atoms with Crippen LogP contribution in [0.25, 0.3) is 0 Å². The van der Waals surface area contributed by atoms with Crippen molar-refractivity contribution in [1.82, 2.24) is 10.3 Å². The van der Waals surface area contributed by atoms with Gasteiger partial charge in [-0.1, -0.05) is 6.92 Å². The molecule has 0 saturated heterocycles. The Morgan fingerprint density at radius 1 is 1.45 bits per heavy atom. The third-order valence-electron chi connectivity index (χ3n) is 3.84. The maximum atomic E-state index is 9.92. The van der Waals surface area contributed by atoms with Crippen LogP contribution in [0.4, 0.5) is 0 Å². The molecule has 0 amide bonds. The average molecular weight is 298 g/mol. The Bertz CT molecular complexity index is 389. The molecule has 2 N–H and O–H groups in total. The molecule has 0 aromatic carbocycles. The van der Waals surface area contributed by atoms with E-state index >= 15 is 0 Å².